The molecule has 1 rings (SSSR count). The van der Waals surface area contributed by atoms with Crippen molar-refractivity contribution in [3.05, 3.63) is 35.9 Å². The van der Waals surface area contributed by atoms with Crippen molar-refractivity contribution in [3.8, 4) is 0 Å². The lowest BCUT2D eigenvalue weighted by molar-refractivity contribution is -0.156. The molecule has 0 N–H and O–H groups in total. The number of carbonyl (C=O) groups is 3. The molecule has 0 aliphatic heterocycles. The maximum Gasteiger partial charge on any atom is 0.509 e. The average Bonchev–Trinajstić information content (AvgIpc) is 2.76. The van der Waals surface area contributed by atoms with E-state index < -0.39 is 24.2 Å². The summed E-state index contributed by atoms with van der Waals surface area (Å²) in [5.41, 5.74) is 0.795. The fourth-order valence-electron chi connectivity index (χ4n) is 2.57. The van der Waals surface area contributed by atoms with Crippen LogP contribution in [0.25, 0.3) is 0 Å². The molecule has 1 aromatic carbocycles. The van der Waals surface area contributed by atoms with E-state index in [1.165, 1.54) is 0 Å². The lowest BCUT2D eigenvalue weighted by Crippen LogP contribution is -2.30. The highest BCUT2D eigenvalue weighted by atomic mass is 16.7. The van der Waals surface area contributed by atoms with Crippen molar-refractivity contribution in [1.29, 1.82) is 0 Å². The van der Waals surface area contributed by atoms with Crippen molar-refractivity contribution in [3.63, 3.8) is 0 Å². The van der Waals surface area contributed by atoms with Gasteiger partial charge in [-0.3, -0.25) is 4.79 Å². The van der Waals surface area contributed by atoms with E-state index in [1.807, 2.05) is 25.1 Å². The van der Waals surface area contributed by atoms with Crippen LogP contribution >= 0.6 is 0 Å². The highest BCUT2D eigenvalue weighted by molar-refractivity contribution is 5.78. The van der Waals surface area contributed by atoms with Crippen LogP contribution < -0.4 is 0 Å². The maximum absolute atomic E-state index is 12.3. The number of esters is 2. The highest BCUT2D eigenvalue weighted by Gasteiger charge is 2.26. The fourth-order valence-corrected chi connectivity index (χ4v) is 2.57. The molecule has 0 saturated heterocycles. The summed E-state index contributed by atoms with van der Waals surface area (Å²) in [7, 11) is 0. The Kier molecular flexibility index (Phi) is 13.8. The van der Waals surface area contributed by atoms with Gasteiger partial charge in [-0.05, 0) is 18.4 Å². The van der Waals surface area contributed by atoms with Crippen LogP contribution in [0.15, 0.2) is 30.3 Å². The largest absolute Gasteiger partial charge is 0.509 e. The highest BCUT2D eigenvalue weighted by Crippen LogP contribution is 2.11. The van der Waals surface area contributed by atoms with E-state index in [9.17, 15) is 14.4 Å². The molecule has 0 fully saturated rings. The zero-order valence-electron chi connectivity index (χ0n) is 18.1. The summed E-state index contributed by atoms with van der Waals surface area (Å²) in [6.45, 7) is 4.72. The molecule has 7 nitrogen and oxygen atoms in total. The lowest BCUT2D eigenvalue weighted by atomic mass is 10.2. The molecule has 0 radical (unpaired) electrons. The van der Waals surface area contributed by atoms with Crippen LogP contribution in [0.5, 0.6) is 0 Å². The van der Waals surface area contributed by atoms with Crippen molar-refractivity contribution in [2.24, 2.45) is 0 Å². The van der Waals surface area contributed by atoms with Crippen LogP contribution in [0, 0.1) is 0 Å². The molecule has 0 bridgehead atoms. The Hall–Kier alpha value is -2.57. The minimum atomic E-state index is -1.21. The van der Waals surface area contributed by atoms with Gasteiger partial charge in [0.05, 0.1) is 13.2 Å². The normalized spacial score (nSPS) is 11.4. The first-order valence-electron chi connectivity index (χ1n) is 10.8. The molecule has 30 heavy (non-hydrogen) atoms. The molecule has 168 valence electrons. The van der Waals surface area contributed by atoms with Crippen molar-refractivity contribution in [1.82, 2.24) is 0 Å². The van der Waals surface area contributed by atoms with Gasteiger partial charge in [-0.25, -0.2) is 9.59 Å². The molecule has 0 heterocycles. The smallest absolute Gasteiger partial charge is 0.466 e. The molecular formula is C23H34O7. The number of benzene rings is 1. The molecule has 7 heteroatoms. The number of carbonyl (C=O) groups excluding carboxylic acids is 3. The second-order valence-corrected chi connectivity index (χ2v) is 6.97. The zero-order valence-corrected chi connectivity index (χ0v) is 18.1. The predicted octanol–water partition coefficient (Wildman–Crippen LogP) is 4.96. The summed E-state index contributed by atoms with van der Waals surface area (Å²) in [4.78, 5) is 36.2. The number of rotatable bonds is 15. The van der Waals surface area contributed by atoms with Gasteiger partial charge in [0.2, 0.25) is 6.10 Å². The minimum absolute atomic E-state index is 0.0142. The van der Waals surface area contributed by atoms with Crippen LogP contribution in [-0.4, -0.2) is 37.4 Å². The zero-order chi connectivity index (χ0) is 22.0. The third kappa shape index (κ3) is 12.1. The second kappa shape index (κ2) is 16.3. The predicted molar refractivity (Wildman–Crippen MR) is 112 cm³/mol. The third-order valence-corrected chi connectivity index (χ3v) is 4.31. The first kappa shape index (κ1) is 25.5. The minimum Gasteiger partial charge on any atom is -0.466 e. The summed E-state index contributed by atoms with van der Waals surface area (Å²) in [5, 5.41) is 0. The summed E-state index contributed by atoms with van der Waals surface area (Å²) in [5.74, 6) is -1.11. The Bertz CT molecular complexity index is 615. The lowest BCUT2D eigenvalue weighted by Gasteiger charge is -2.16. The van der Waals surface area contributed by atoms with Gasteiger partial charge in [0.15, 0.2) is 0 Å². The monoisotopic (exact) mass is 422 g/mol. The summed E-state index contributed by atoms with van der Waals surface area (Å²) >= 11 is 0. The first-order chi connectivity index (χ1) is 14.6. The van der Waals surface area contributed by atoms with Crippen LogP contribution in [0.3, 0.4) is 0 Å². The number of hydrogen-bond donors (Lipinski definition) is 0. The van der Waals surface area contributed by atoms with Gasteiger partial charge < -0.3 is 18.9 Å². The van der Waals surface area contributed by atoms with Gasteiger partial charge >= 0.3 is 18.1 Å². The van der Waals surface area contributed by atoms with Crippen LogP contribution in [-0.2, 0) is 35.1 Å². The molecule has 0 aromatic heterocycles. The number of ether oxygens (including phenoxy) is 4. The molecule has 0 aliphatic rings. The molecule has 1 atom stereocenters. The molecule has 0 spiro atoms. The van der Waals surface area contributed by atoms with E-state index in [4.69, 9.17) is 18.9 Å². The summed E-state index contributed by atoms with van der Waals surface area (Å²) in [6, 6.07) is 9.12. The Morgan fingerprint density at radius 3 is 2.10 bits per heavy atom. The van der Waals surface area contributed by atoms with E-state index in [2.05, 4.69) is 6.92 Å². The SMILES string of the molecule is CCCCCOC(=O)CCC(OC(=O)OCc1ccccc1)C(=O)OCCCCC. The summed E-state index contributed by atoms with van der Waals surface area (Å²) < 4.78 is 20.5. The Labute approximate surface area is 179 Å². The van der Waals surface area contributed by atoms with Crippen LogP contribution in [0.4, 0.5) is 4.79 Å². The standard InChI is InChI=1S/C23H34O7/c1-3-5-10-16-27-21(24)15-14-20(22(25)28-17-11-6-4-2)30-23(26)29-18-19-12-8-7-9-13-19/h7-9,12-13,20H,3-6,10-11,14-18H2,1-2H3. The van der Waals surface area contributed by atoms with Crippen molar-refractivity contribution < 1.29 is 33.3 Å². The maximum atomic E-state index is 12.3. The first-order valence-corrected chi connectivity index (χ1v) is 10.8. The van der Waals surface area contributed by atoms with E-state index >= 15 is 0 Å². The number of hydrogen-bond acceptors (Lipinski definition) is 7. The van der Waals surface area contributed by atoms with Gasteiger partial charge in [0.1, 0.15) is 6.61 Å². The van der Waals surface area contributed by atoms with Gasteiger partial charge in [-0.2, -0.15) is 0 Å². The van der Waals surface area contributed by atoms with Gasteiger partial charge in [0, 0.05) is 12.8 Å². The summed E-state index contributed by atoms with van der Waals surface area (Å²) in [6.07, 6.45) is 3.21. The van der Waals surface area contributed by atoms with Gasteiger partial charge in [-0.15, -0.1) is 0 Å². The van der Waals surface area contributed by atoms with E-state index in [1.54, 1.807) is 12.1 Å². The molecular weight excluding hydrogens is 388 g/mol. The van der Waals surface area contributed by atoms with Crippen LogP contribution in [0.2, 0.25) is 0 Å². The van der Waals surface area contributed by atoms with Crippen molar-refractivity contribution in [2.75, 3.05) is 13.2 Å². The van der Waals surface area contributed by atoms with Crippen molar-refractivity contribution in [2.45, 2.75) is 77.9 Å². The average molecular weight is 423 g/mol. The fraction of sp³-hybridized carbons (Fsp3) is 0.609. The van der Waals surface area contributed by atoms with Crippen LogP contribution in [0.1, 0.15) is 70.8 Å². The topological polar surface area (TPSA) is 88.1 Å². The Morgan fingerprint density at radius 2 is 1.47 bits per heavy atom. The van der Waals surface area contributed by atoms with E-state index in [-0.39, 0.29) is 26.1 Å². The molecule has 1 aromatic rings. The van der Waals surface area contributed by atoms with Crippen molar-refractivity contribution >= 4 is 18.1 Å². The second-order valence-electron chi connectivity index (χ2n) is 6.97. The number of unbranched alkanes of at least 4 members (excludes halogenated alkanes) is 4. The molecule has 0 aliphatic carbocycles. The van der Waals surface area contributed by atoms with E-state index in [0.29, 0.717) is 6.61 Å². The van der Waals surface area contributed by atoms with E-state index in [0.717, 1.165) is 44.1 Å². The molecule has 0 saturated carbocycles. The Balaban J connectivity index is 2.50. The Morgan fingerprint density at radius 1 is 0.833 bits per heavy atom. The third-order valence-electron chi connectivity index (χ3n) is 4.31. The van der Waals surface area contributed by atoms with Gasteiger partial charge in [0.25, 0.3) is 0 Å². The molecule has 0 amide bonds. The molecule has 1 unspecified atom stereocenters. The van der Waals surface area contributed by atoms with Gasteiger partial charge in [-0.1, -0.05) is 69.9 Å². The quantitative estimate of drug-likeness (QED) is 0.224.